The molecule has 0 spiro atoms. The number of aryl methyl sites for hydroxylation is 1. The predicted octanol–water partition coefficient (Wildman–Crippen LogP) is 3.84. The largest absolute Gasteiger partial charge is 0.497 e. The Kier molecular flexibility index (Phi) is 6.77. The molecule has 1 aliphatic heterocycles. The first kappa shape index (κ1) is 22.3. The number of likely N-dealkylation sites (tertiary alicyclic amines) is 1. The second-order valence-corrected chi connectivity index (χ2v) is 9.04. The Morgan fingerprint density at radius 3 is 2.50 bits per heavy atom. The number of nitrogens with one attached hydrogen (secondary N) is 1. The number of carbonyl (C=O) groups is 2. The van der Waals surface area contributed by atoms with E-state index in [0.29, 0.717) is 31.6 Å². The smallest absolute Gasteiger partial charge is 0.225 e. The van der Waals surface area contributed by atoms with Crippen LogP contribution in [0.15, 0.2) is 42.5 Å². The summed E-state index contributed by atoms with van der Waals surface area (Å²) in [6.07, 6.45) is 3.27. The number of rotatable bonds is 7. The second-order valence-electron chi connectivity index (χ2n) is 9.04. The SMILES string of the molecule is COc1ccc(CCNC(=O)[C@H]2C[C@@H](c3ccc(F)c(C)c3)CN(C(=O)C3CC3)C2)cc1. The maximum Gasteiger partial charge on any atom is 0.225 e. The van der Waals surface area contributed by atoms with Crippen molar-refractivity contribution in [2.24, 2.45) is 11.8 Å². The minimum atomic E-state index is -0.266. The molecule has 1 aliphatic carbocycles. The molecule has 1 heterocycles. The van der Waals surface area contributed by atoms with Gasteiger partial charge in [-0.25, -0.2) is 4.39 Å². The average molecular weight is 439 g/mol. The van der Waals surface area contributed by atoms with Gasteiger partial charge in [0.1, 0.15) is 11.6 Å². The lowest BCUT2D eigenvalue weighted by Crippen LogP contribution is -2.48. The van der Waals surface area contributed by atoms with Crippen molar-refractivity contribution in [2.75, 3.05) is 26.7 Å². The molecule has 0 unspecified atom stereocenters. The lowest BCUT2D eigenvalue weighted by molar-refractivity contribution is -0.137. The molecule has 170 valence electrons. The van der Waals surface area contributed by atoms with Crippen molar-refractivity contribution in [1.82, 2.24) is 10.2 Å². The van der Waals surface area contributed by atoms with Crippen LogP contribution in [0.4, 0.5) is 4.39 Å². The van der Waals surface area contributed by atoms with Crippen LogP contribution in [0, 0.1) is 24.6 Å². The number of hydrogen-bond acceptors (Lipinski definition) is 3. The van der Waals surface area contributed by atoms with E-state index in [2.05, 4.69) is 5.32 Å². The Bertz CT molecular complexity index is 972. The van der Waals surface area contributed by atoms with Crippen LogP contribution in [0.3, 0.4) is 0 Å². The predicted molar refractivity (Wildman–Crippen MR) is 121 cm³/mol. The number of nitrogens with zero attached hydrogens (tertiary/aromatic N) is 1. The molecule has 6 heteroatoms. The quantitative estimate of drug-likeness (QED) is 0.715. The van der Waals surface area contributed by atoms with Crippen molar-refractivity contribution >= 4 is 11.8 Å². The fraction of sp³-hybridized carbons (Fsp3) is 0.462. The standard InChI is InChI=1S/C26H31FN2O3/c1-17-13-20(7-10-24(17)27)21-14-22(16-29(15-21)26(31)19-5-6-19)25(30)28-12-11-18-3-8-23(32-2)9-4-18/h3-4,7-10,13,19,21-22H,5-6,11-12,14-16H2,1-2H3,(H,28,30)/t21-,22+/m1/s1. The summed E-state index contributed by atoms with van der Waals surface area (Å²) in [4.78, 5) is 27.7. The summed E-state index contributed by atoms with van der Waals surface area (Å²) in [5.74, 6) is 0.592. The van der Waals surface area contributed by atoms with E-state index >= 15 is 0 Å². The first-order chi connectivity index (χ1) is 15.4. The topological polar surface area (TPSA) is 58.6 Å². The van der Waals surface area contributed by atoms with Gasteiger partial charge < -0.3 is 15.0 Å². The Balaban J connectivity index is 1.41. The van der Waals surface area contributed by atoms with Gasteiger partial charge in [0, 0.05) is 31.5 Å². The van der Waals surface area contributed by atoms with Gasteiger partial charge in [0.15, 0.2) is 0 Å². The molecule has 1 saturated carbocycles. The zero-order valence-electron chi connectivity index (χ0n) is 18.8. The summed E-state index contributed by atoms with van der Waals surface area (Å²) in [7, 11) is 1.64. The summed E-state index contributed by atoms with van der Waals surface area (Å²) in [5, 5.41) is 3.06. The molecule has 2 aromatic rings. The lowest BCUT2D eigenvalue weighted by atomic mass is 9.83. The van der Waals surface area contributed by atoms with Gasteiger partial charge in [-0.3, -0.25) is 9.59 Å². The highest BCUT2D eigenvalue weighted by atomic mass is 19.1. The fourth-order valence-electron chi connectivity index (χ4n) is 4.49. The van der Waals surface area contributed by atoms with Crippen LogP contribution in [0.5, 0.6) is 5.75 Å². The molecule has 1 saturated heterocycles. The zero-order chi connectivity index (χ0) is 22.7. The zero-order valence-corrected chi connectivity index (χ0v) is 18.8. The molecule has 32 heavy (non-hydrogen) atoms. The van der Waals surface area contributed by atoms with Crippen LogP contribution in [-0.2, 0) is 16.0 Å². The number of halogens is 1. The van der Waals surface area contributed by atoms with E-state index < -0.39 is 0 Å². The first-order valence-electron chi connectivity index (χ1n) is 11.4. The molecule has 0 aromatic heterocycles. The van der Waals surface area contributed by atoms with Crippen molar-refractivity contribution in [3.05, 3.63) is 65.0 Å². The van der Waals surface area contributed by atoms with Crippen molar-refractivity contribution in [3.63, 3.8) is 0 Å². The van der Waals surface area contributed by atoms with Gasteiger partial charge in [-0.05, 0) is 67.5 Å². The lowest BCUT2D eigenvalue weighted by Gasteiger charge is -2.37. The maximum atomic E-state index is 13.8. The van der Waals surface area contributed by atoms with Crippen LogP contribution in [0.1, 0.15) is 41.9 Å². The molecule has 4 rings (SSSR count). The third-order valence-corrected chi connectivity index (χ3v) is 6.59. The molecule has 2 aromatic carbocycles. The van der Waals surface area contributed by atoms with Gasteiger partial charge in [-0.15, -0.1) is 0 Å². The van der Waals surface area contributed by atoms with E-state index in [1.54, 1.807) is 20.1 Å². The third kappa shape index (κ3) is 5.29. The van der Waals surface area contributed by atoms with E-state index in [0.717, 1.165) is 36.1 Å². The van der Waals surface area contributed by atoms with Crippen molar-refractivity contribution < 1.29 is 18.7 Å². The minimum Gasteiger partial charge on any atom is -0.497 e. The molecule has 0 radical (unpaired) electrons. The maximum absolute atomic E-state index is 13.8. The monoisotopic (exact) mass is 438 g/mol. The minimum absolute atomic E-state index is 0.0179. The second kappa shape index (κ2) is 9.72. The van der Waals surface area contributed by atoms with Crippen LogP contribution in [-0.4, -0.2) is 43.5 Å². The fourth-order valence-corrected chi connectivity index (χ4v) is 4.49. The number of ether oxygens (including phenoxy) is 1. The Morgan fingerprint density at radius 1 is 1.09 bits per heavy atom. The van der Waals surface area contributed by atoms with Gasteiger partial charge in [-0.2, -0.15) is 0 Å². The van der Waals surface area contributed by atoms with Gasteiger partial charge >= 0.3 is 0 Å². The highest BCUT2D eigenvalue weighted by Gasteiger charge is 2.39. The highest BCUT2D eigenvalue weighted by Crippen LogP contribution is 2.36. The molecule has 1 N–H and O–H groups in total. The van der Waals surface area contributed by atoms with Crippen LogP contribution in [0.2, 0.25) is 0 Å². The summed E-state index contributed by atoms with van der Waals surface area (Å²) in [6.45, 7) is 3.34. The molecule has 2 amide bonds. The molecule has 2 atom stereocenters. The van der Waals surface area contributed by atoms with E-state index in [-0.39, 0.29) is 35.4 Å². The highest BCUT2D eigenvalue weighted by molar-refractivity contribution is 5.83. The molecule has 5 nitrogen and oxygen atoms in total. The number of methoxy groups -OCH3 is 1. The third-order valence-electron chi connectivity index (χ3n) is 6.59. The molecular weight excluding hydrogens is 407 g/mol. The van der Waals surface area contributed by atoms with Crippen LogP contribution in [0.25, 0.3) is 0 Å². The molecule has 2 fully saturated rings. The summed E-state index contributed by atoms with van der Waals surface area (Å²) < 4.78 is 19.0. The Morgan fingerprint density at radius 2 is 1.84 bits per heavy atom. The molecular formula is C26H31FN2O3. The average Bonchev–Trinajstić information content (AvgIpc) is 3.66. The number of hydrogen-bond donors (Lipinski definition) is 1. The van der Waals surface area contributed by atoms with E-state index in [1.807, 2.05) is 35.2 Å². The van der Waals surface area contributed by atoms with Gasteiger partial charge in [-0.1, -0.05) is 24.3 Å². The van der Waals surface area contributed by atoms with Gasteiger partial charge in [0.05, 0.1) is 13.0 Å². The molecule has 0 bridgehead atoms. The number of benzene rings is 2. The first-order valence-corrected chi connectivity index (χ1v) is 11.4. The number of piperidine rings is 1. The van der Waals surface area contributed by atoms with Gasteiger partial charge in [0.2, 0.25) is 11.8 Å². The normalized spacial score (nSPS) is 20.7. The van der Waals surface area contributed by atoms with Crippen molar-refractivity contribution in [3.8, 4) is 5.75 Å². The summed E-state index contributed by atoms with van der Waals surface area (Å²) >= 11 is 0. The number of amides is 2. The van der Waals surface area contributed by atoms with E-state index in [1.165, 1.54) is 6.07 Å². The summed E-state index contributed by atoms with van der Waals surface area (Å²) in [6, 6.07) is 12.9. The van der Waals surface area contributed by atoms with E-state index in [4.69, 9.17) is 4.74 Å². The van der Waals surface area contributed by atoms with Gasteiger partial charge in [0.25, 0.3) is 0 Å². The van der Waals surface area contributed by atoms with E-state index in [9.17, 15) is 14.0 Å². The summed E-state index contributed by atoms with van der Waals surface area (Å²) in [5.41, 5.74) is 2.71. The molecule has 2 aliphatic rings. The van der Waals surface area contributed by atoms with Crippen LogP contribution < -0.4 is 10.1 Å². The Labute approximate surface area is 188 Å². The van der Waals surface area contributed by atoms with Crippen molar-refractivity contribution in [1.29, 1.82) is 0 Å². The Hall–Kier alpha value is -2.89. The van der Waals surface area contributed by atoms with Crippen LogP contribution >= 0.6 is 0 Å². The van der Waals surface area contributed by atoms with Crippen molar-refractivity contribution in [2.45, 2.75) is 38.5 Å². The number of carbonyl (C=O) groups excluding carboxylic acids is 2.